The van der Waals surface area contributed by atoms with E-state index in [1.165, 1.54) is 18.9 Å². The van der Waals surface area contributed by atoms with Crippen molar-refractivity contribution < 1.29 is 18.2 Å². The third-order valence-corrected chi connectivity index (χ3v) is 4.53. The van der Waals surface area contributed by atoms with Crippen molar-refractivity contribution in [1.82, 2.24) is 14.5 Å². The average molecular weight is 388 g/mol. The van der Waals surface area contributed by atoms with Crippen LogP contribution < -0.4 is 19.8 Å². The second-order valence-electron chi connectivity index (χ2n) is 5.79. The molecule has 0 saturated heterocycles. The third kappa shape index (κ3) is 3.85. The summed E-state index contributed by atoms with van der Waals surface area (Å²) in [6.45, 7) is 0.158. The highest BCUT2D eigenvalue weighted by Crippen LogP contribution is 2.34. The molecular formula is C18H18N3O5S-. The maximum absolute atomic E-state index is 12.5. The predicted molar refractivity (Wildman–Crippen MR) is 101 cm³/mol. The van der Waals surface area contributed by atoms with Gasteiger partial charge in [-0.3, -0.25) is 9.00 Å². The lowest BCUT2D eigenvalue weighted by atomic mass is 10.0. The van der Waals surface area contributed by atoms with Gasteiger partial charge in [0.05, 0.1) is 25.3 Å². The van der Waals surface area contributed by atoms with Crippen LogP contribution in [0.25, 0.3) is 22.0 Å². The zero-order chi connectivity index (χ0) is 19.6. The quantitative estimate of drug-likeness (QED) is 0.642. The Morgan fingerprint density at radius 3 is 2.44 bits per heavy atom. The molecule has 8 nitrogen and oxygen atoms in total. The fraction of sp³-hybridized carbons (Fsp3) is 0.222. The highest BCUT2D eigenvalue weighted by molar-refractivity contribution is 7.77. The second kappa shape index (κ2) is 7.87. The van der Waals surface area contributed by atoms with Crippen LogP contribution in [0.5, 0.6) is 11.5 Å². The lowest BCUT2D eigenvalue weighted by Gasteiger charge is -2.13. The van der Waals surface area contributed by atoms with E-state index >= 15 is 0 Å². The van der Waals surface area contributed by atoms with Gasteiger partial charge >= 0.3 is 0 Å². The summed E-state index contributed by atoms with van der Waals surface area (Å²) < 4.78 is 35.7. The molecule has 0 aliphatic rings. The van der Waals surface area contributed by atoms with E-state index in [9.17, 15) is 13.6 Å². The minimum Gasteiger partial charge on any atom is -0.760 e. The first-order valence-electron chi connectivity index (χ1n) is 7.99. The van der Waals surface area contributed by atoms with Gasteiger partial charge in [-0.25, -0.2) is 9.40 Å². The van der Waals surface area contributed by atoms with Crippen molar-refractivity contribution in [3.05, 3.63) is 52.3 Å². The number of methoxy groups -OCH3 is 2. The van der Waals surface area contributed by atoms with E-state index in [0.29, 0.717) is 28.0 Å². The smallest absolute Gasteiger partial charge is 0.274 e. The van der Waals surface area contributed by atoms with Crippen molar-refractivity contribution >= 4 is 22.0 Å². The fourth-order valence-electron chi connectivity index (χ4n) is 2.86. The van der Waals surface area contributed by atoms with E-state index in [1.807, 2.05) is 12.1 Å². The van der Waals surface area contributed by atoms with E-state index in [2.05, 4.69) is 9.82 Å². The number of aromatic nitrogens is 2. The lowest BCUT2D eigenvalue weighted by molar-refractivity contribution is 0.356. The van der Waals surface area contributed by atoms with Gasteiger partial charge in [-0.1, -0.05) is 18.2 Å². The number of ether oxygens (including phenoxy) is 2. The van der Waals surface area contributed by atoms with Gasteiger partial charge in [0.2, 0.25) is 0 Å². The Kier molecular flexibility index (Phi) is 5.54. The van der Waals surface area contributed by atoms with Crippen LogP contribution in [0.1, 0.15) is 5.56 Å². The van der Waals surface area contributed by atoms with Gasteiger partial charge < -0.3 is 14.0 Å². The molecule has 27 heavy (non-hydrogen) atoms. The summed E-state index contributed by atoms with van der Waals surface area (Å²) in [7, 11) is 4.60. The molecule has 142 valence electrons. The Morgan fingerprint density at radius 1 is 1.15 bits per heavy atom. The maximum Gasteiger partial charge on any atom is 0.274 e. The minimum absolute atomic E-state index is 0.158. The standard InChI is InChI=1S/C18H19N3O5S/c1-21-18(22)14-9-16(26-3)15(25-2)8-13(14)17(20-21)12-6-4-5-11(7-12)10-19-27(23)24/h4-9,19H,10H2,1-3H3,(H,23,24)/p-1. The summed E-state index contributed by atoms with van der Waals surface area (Å²) in [4.78, 5) is 12.5. The van der Waals surface area contributed by atoms with Gasteiger partial charge in [-0.05, 0) is 23.8 Å². The number of rotatable bonds is 6. The van der Waals surface area contributed by atoms with Gasteiger partial charge in [0.15, 0.2) is 11.5 Å². The SMILES string of the molecule is COc1cc2c(-c3cccc(CNS(=O)[O-])c3)nn(C)c(=O)c2cc1OC. The molecule has 0 amide bonds. The van der Waals surface area contributed by atoms with Crippen molar-refractivity contribution in [2.45, 2.75) is 6.54 Å². The number of fused-ring (bicyclic) bond motifs is 1. The van der Waals surface area contributed by atoms with Crippen molar-refractivity contribution in [2.75, 3.05) is 14.2 Å². The van der Waals surface area contributed by atoms with Crippen molar-refractivity contribution in [3.8, 4) is 22.8 Å². The Bertz CT molecular complexity index is 1080. The monoisotopic (exact) mass is 388 g/mol. The number of aryl methyl sites for hydroxylation is 1. The van der Waals surface area contributed by atoms with Crippen LogP contribution in [-0.4, -0.2) is 32.8 Å². The van der Waals surface area contributed by atoms with Crippen LogP contribution in [0.15, 0.2) is 41.2 Å². The number of hydrogen-bond donors (Lipinski definition) is 1. The first-order valence-corrected chi connectivity index (χ1v) is 9.07. The molecule has 1 heterocycles. The Labute approximate surface area is 158 Å². The molecule has 1 atom stereocenters. The number of nitrogens with one attached hydrogen (secondary N) is 1. The van der Waals surface area contributed by atoms with E-state index in [1.54, 1.807) is 31.3 Å². The summed E-state index contributed by atoms with van der Waals surface area (Å²) in [6.07, 6.45) is 0. The van der Waals surface area contributed by atoms with Crippen molar-refractivity contribution in [3.63, 3.8) is 0 Å². The maximum atomic E-state index is 12.5. The second-order valence-corrected chi connectivity index (χ2v) is 6.54. The molecule has 3 aromatic rings. The number of hydrogen-bond acceptors (Lipinski definition) is 6. The highest BCUT2D eigenvalue weighted by atomic mass is 32.2. The molecule has 1 unspecified atom stereocenters. The zero-order valence-electron chi connectivity index (χ0n) is 15.0. The number of nitrogens with zero attached hydrogens (tertiary/aromatic N) is 2. The Morgan fingerprint density at radius 2 is 1.81 bits per heavy atom. The van der Waals surface area contributed by atoms with Gasteiger partial charge in [-0.2, -0.15) is 5.10 Å². The van der Waals surface area contributed by atoms with Crippen molar-refractivity contribution in [2.24, 2.45) is 7.05 Å². The van der Waals surface area contributed by atoms with E-state index in [4.69, 9.17) is 9.47 Å². The molecule has 0 fully saturated rings. The molecule has 0 aliphatic heterocycles. The van der Waals surface area contributed by atoms with Crippen LogP contribution in [0.3, 0.4) is 0 Å². The van der Waals surface area contributed by atoms with Gasteiger partial charge in [0.1, 0.15) is 0 Å². The van der Waals surface area contributed by atoms with Gasteiger partial charge in [-0.15, -0.1) is 0 Å². The minimum atomic E-state index is -2.35. The van der Waals surface area contributed by atoms with Gasteiger partial charge in [0.25, 0.3) is 5.56 Å². The number of benzene rings is 2. The zero-order valence-corrected chi connectivity index (χ0v) is 15.8. The molecule has 3 rings (SSSR count). The average Bonchev–Trinajstić information content (AvgIpc) is 2.68. The fourth-order valence-corrected chi connectivity index (χ4v) is 3.14. The first-order chi connectivity index (χ1) is 12.9. The normalized spacial score (nSPS) is 12.1. The van der Waals surface area contributed by atoms with E-state index < -0.39 is 11.3 Å². The van der Waals surface area contributed by atoms with Crippen LogP contribution in [0, 0.1) is 0 Å². The summed E-state index contributed by atoms with van der Waals surface area (Å²) in [6, 6.07) is 10.6. The topological polar surface area (TPSA) is 106 Å². The van der Waals surface area contributed by atoms with Crippen LogP contribution in [-0.2, 0) is 24.9 Å². The Hall–Kier alpha value is -2.75. The largest absolute Gasteiger partial charge is 0.760 e. The first kappa shape index (κ1) is 19.0. The molecule has 1 N–H and O–H groups in total. The van der Waals surface area contributed by atoms with Gasteiger partial charge in [0, 0.05) is 35.8 Å². The van der Waals surface area contributed by atoms with Crippen LogP contribution in [0.2, 0.25) is 0 Å². The van der Waals surface area contributed by atoms with Crippen LogP contribution >= 0.6 is 0 Å². The van der Waals surface area contributed by atoms with Crippen molar-refractivity contribution in [1.29, 1.82) is 0 Å². The summed E-state index contributed by atoms with van der Waals surface area (Å²) in [5, 5.41) is 5.47. The van der Waals surface area contributed by atoms with E-state index in [-0.39, 0.29) is 12.1 Å². The molecule has 0 aliphatic carbocycles. The lowest BCUT2D eigenvalue weighted by Crippen LogP contribution is -2.20. The Balaban J connectivity index is 2.22. The molecule has 0 radical (unpaired) electrons. The molecule has 9 heteroatoms. The van der Waals surface area contributed by atoms with Crippen LogP contribution in [0.4, 0.5) is 0 Å². The molecule has 0 spiro atoms. The predicted octanol–water partition coefficient (Wildman–Crippen LogP) is 1.50. The highest BCUT2D eigenvalue weighted by Gasteiger charge is 2.15. The molecule has 2 aromatic carbocycles. The summed E-state index contributed by atoms with van der Waals surface area (Å²) in [5.41, 5.74) is 1.84. The van der Waals surface area contributed by atoms with E-state index in [0.717, 1.165) is 11.1 Å². The molecule has 1 aromatic heterocycles. The third-order valence-electron chi connectivity index (χ3n) is 4.15. The molecule has 0 saturated carbocycles. The summed E-state index contributed by atoms with van der Waals surface area (Å²) >= 11 is -2.35. The molecule has 0 bridgehead atoms. The summed E-state index contributed by atoms with van der Waals surface area (Å²) in [5.74, 6) is 0.941. The molecular weight excluding hydrogens is 370 g/mol.